The van der Waals surface area contributed by atoms with E-state index in [1.54, 1.807) is 0 Å². The Balaban J connectivity index is 0.803. The van der Waals surface area contributed by atoms with Gasteiger partial charge in [-0.2, -0.15) is 10.2 Å². The maximum Gasteiger partial charge on any atom is 0.320 e. The number of aromatic nitrogens is 5. The molecule has 34 heavy (non-hydrogen) atoms. The normalized spacial score (nSPS) is 25.3. The number of hydrogen-bond acceptors (Lipinski definition) is 5. The van der Waals surface area contributed by atoms with E-state index in [9.17, 15) is 4.79 Å². The van der Waals surface area contributed by atoms with Gasteiger partial charge in [-0.25, -0.2) is 14.3 Å². The van der Waals surface area contributed by atoms with Crippen molar-refractivity contribution in [1.29, 1.82) is 0 Å². The number of aromatic amines is 1. The fraction of sp³-hybridized carbons (Fsp3) is 0.600. The summed E-state index contributed by atoms with van der Waals surface area (Å²) in [7, 11) is 0. The van der Waals surface area contributed by atoms with E-state index in [0.29, 0.717) is 22.7 Å². The Morgan fingerprint density at radius 2 is 1.76 bits per heavy atom. The number of fused-ring (bicyclic) bond motifs is 1. The number of amides is 2. The van der Waals surface area contributed by atoms with E-state index in [4.69, 9.17) is 4.98 Å². The van der Waals surface area contributed by atoms with Crippen LogP contribution >= 0.6 is 0 Å². The second-order valence-corrected chi connectivity index (χ2v) is 11.8. The van der Waals surface area contributed by atoms with Crippen LogP contribution in [0.2, 0.25) is 0 Å². The van der Waals surface area contributed by atoms with Crippen molar-refractivity contribution >= 4 is 11.5 Å². The highest BCUT2D eigenvalue weighted by Crippen LogP contribution is 2.56. The van der Waals surface area contributed by atoms with Crippen LogP contribution in [-0.4, -0.2) is 84.8 Å². The fourth-order valence-electron chi connectivity index (χ4n) is 7.00. The Labute approximate surface area is 198 Å². The van der Waals surface area contributed by atoms with Crippen LogP contribution in [0.3, 0.4) is 0 Å². The Morgan fingerprint density at radius 1 is 1.00 bits per heavy atom. The number of nitrogens with one attached hydrogen (secondary N) is 1. The summed E-state index contributed by atoms with van der Waals surface area (Å²) in [6.45, 7) is 6.72. The predicted octanol–water partition coefficient (Wildman–Crippen LogP) is 2.45. The van der Waals surface area contributed by atoms with E-state index in [0.717, 1.165) is 70.3 Å². The van der Waals surface area contributed by atoms with Gasteiger partial charge in [0.05, 0.1) is 11.7 Å². The van der Waals surface area contributed by atoms with E-state index in [-0.39, 0.29) is 6.03 Å². The molecule has 0 unspecified atom stereocenters. The first-order valence-corrected chi connectivity index (χ1v) is 12.7. The Kier molecular flexibility index (Phi) is 3.76. The molecule has 9 heteroatoms. The summed E-state index contributed by atoms with van der Waals surface area (Å²) in [6.07, 6.45) is 8.73. The molecular weight excluding hydrogens is 428 g/mol. The number of urea groups is 1. The minimum Gasteiger partial charge on any atom is -0.323 e. The summed E-state index contributed by atoms with van der Waals surface area (Å²) in [6, 6.07) is 6.44. The van der Waals surface area contributed by atoms with Gasteiger partial charge in [-0.15, -0.1) is 0 Å². The predicted molar refractivity (Wildman–Crippen MR) is 124 cm³/mol. The third kappa shape index (κ3) is 2.88. The van der Waals surface area contributed by atoms with Crippen LogP contribution in [0.15, 0.2) is 30.6 Å². The van der Waals surface area contributed by atoms with Crippen LogP contribution in [0.4, 0.5) is 4.79 Å². The second kappa shape index (κ2) is 6.59. The van der Waals surface area contributed by atoms with Gasteiger partial charge in [-0.05, 0) is 37.8 Å². The molecule has 5 aliphatic rings. The van der Waals surface area contributed by atoms with Crippen LogP contribution in [-0.2, 0) is 6.54 Å². The topological polar surface area (TPSA) is 85.7 Å². The monoisotopic (exact) mass is 458 g/mol. The van der Waals surface area contributed by atoms with Crippen molar-refractivity contribution < 1.29 is 4.79 Å². The van der Waals surface area contributed by atoms with Gasteiger partial charge in [0.2, 0.25) is 0 Å². The van der Waals surface area contributed by atoms with Crippen LogP contribution < -0.4 is 0 Å². The zero-order valence-corrected chi connectivity index (χ0v) is 19.4. The SMILES string of the molecule is O=C(N1CC2(CC(c3n[nH]c(C4CC4)n3)C2)C1)N1CC2(CN(Cc3cnn4ccccc34)C2)C1. The lowest BCUT2D eigenvalue weighted by Crippen LogP contribution is -2.75. The molecule has 3 aromatic heterocycles. The molecule has 1 N–H and O–H groups in total. The van der Waals surface area contributed by atoms with Gasteiger partial charge in [0.25, 0.3) is 0 Å². The van der Waals surface area contributed by atoms with Gasteiger partial charge in [0.15, 0.2) is 5.82 Å². The molecule has 0 radical (unpaired) electrons. The smallest absolute Gasteiger partial charge is 0.320 e. The minimum absolute atomic E-state index is 0.245. The molecule has 0 bridgehead atoms. The number of nitrogens with zero attached hydrogens (tertiary/aromatic N) is 7. The van der Waals surface area contributed by atoms with Crippen molar-refractivity contribution in [3.63, 3.8) is 0 Å². The summed E-state index contributed by atoms with van der Waals surface area (Å²) in [4.78, 5) is 24.3. The molecule has 6 heterocycles. The quantitative estimate of drug-likeness (QED) is 0.649. The maximum absolute atomic E-state index is 13.0. The molecule has 0 aromatic carbocycles. The molecule has 2 spiro atoms. The number of carbonyl (C=O) groups excluding carboxylic acids is 1. The molecule has 3 aromatic rings. The number of rotatable bonds is 4. The number of hydrogen-bond donors (Lipinski definition) is 1. The lowest BCUT2D eigenvalue weighted by Gasteiger charge is -2.63. The summed E-state index contributed by atoms with van der Waals surface area (Å²) in [5.74, 6) is 3.19. The van der Waals surface area contributed by atoms with Gasteiger partial charge in [0.1, 0.15) is 5.82 Å². The largest absolute Gasteiger partial charge is 0.323 e. The lowest BCUT2D eigenvalue weighted by atomic mass is 9.57. The standard InChI is InChI=1S/C25H30N8O/c34-23(31-13-24(14-31)7-18(8-24)22-27-21(28-29-22)17-4-5-17)32-15-25(16-32)11-30(12-25)10-19-9-26-33-6-2-1-3-20(19)33/h1-3,6,9,17-18H,4-5,7-8,10-16H2,(H,27,28,29). The number of carbonyl (C=O) groups is 1. The maximum atomic E-state index is 13.0. The van der Waals surface area contributed by atoms with Crippen molar-refractivity contribution in [2.24, 2.45) is 10.8 Å². The van der Waals surface area contributed by atoms with Crippen LogP contribution in [0.5, 0.6) is 0 Å². The number of likely N-dealkylation sites (tertiary alicyclic amines) is 3. The molecule has 3 saturated heterocycles. The van der Waals surface area contributed by atoms with E-state index < -0.39 is 0 Å². The van der Waals surface area contributed by atoms with Gasteiger partial charge in [-0.3, -0.25) is 10.00 Å². The van der Waals surface area contributed by atoms with Crippen LogP contribution in [0.1, 0.15) is 54.7 Å². The third-order valence-electron chi connectivity index (χ3n) is 8.87. The molecule has 0 atom stereocenters. The van der Waals surface area contributed by atoms with E-state index in [2.05, 4.69) is 42.1 Å². The van der Waals surface area contributed by atoms with Gasteiger partial charge >= 0.3 is 6.03 Å². The van der Waals surface area contributed by atoms with Gasteiger partial charge in [0, 0.05) is 80.2 Å². The average Bonchev–Trinajstić information content (AvgIpc) is 3.32. The zero-order chi connectivity index (χ0) is 22.5. The first kappa shape index (κ1) is 19.4. The third-order valence-corrected chi connectivity index (χ3v) is 8.87. The molecule has 2 aliphatic carbocycles. The van der Waals surface area contributed by atoms with Crippen molar-refractivity contribution in [3.8, 4) is 0 Å². The average molecular weight is 459 g/mol. The van der Waals surface area contributed by atoms with E-state index >= 15 is 0 Å². The van der Waals surface area contributed by atoms with Crippen LogP contribution in [0.25, 0.3) is 5.52 Å². The molecule has 9 nitrogen and oxygen atoms in total. The minimum atomic E-state index is 0.245. The van der Waals surface area contributed by atoms with Crippen molar-refractivity contribution in [2.45, 2.75) is 44.1 Å². The molecule has 176 valence electrons. The highest BCUT2D eigenvalue weighted by atomic mass is 16.2. The summed E-state index contributed by atoms with van der Waals surface area (Å²) >= 11 is 0. The van der Waals surface area contributed by atoms with Crippen molar-refractivity contribution in [3.05, 3.63) is 47.8 Å². The Morgan fingerprint density at radius 3 is 2.53 bits per heavy atom. The van der Waals surface area contributed by atoms with E-state index in [1.165, 1.54) is 23.9 Å². The molecule has 8 rings (SSSR count). The van der Waals surface area contributed by atoms with Crippen molar-refractivity contribution in [2.75, 3.05) is 39.3 Å². The first-order valence-electron chi connectivity index (χ1n) is 12.7. The first-order chi connectivity index (χ1) is 16.6. The molecule has 2 saturated carbocycles. The van der Waals surface area contributed by atoms with Gasteiger partial charge < -0.3 is 9.80 Å². The highest BCUT2D eigenvalue weighted by molar-refractivity contribution is 5.77. The van der Waals surface area contributed by atoms with E-state index in [1.807, 2.05) is 23.0 Å². The van der Waals surface area contributed by atoms with Gasteiger partial charge in [-0.1, -0.05) is 6.07 Å². The number of H-pyrrole nitrogens is 1. The second-order valence-electron chi connectivity index (χ2n) is 11.8. The molecule has 2 amide bonds. The Hall–Kier alpha value is -2.94. The highest BCUT2D eigenvalue weighted by Gasteiger charge is 2.58. The summed E-state index contributed by atoms with van der Waals surface area (Å²) in [5.41, 5.74) is 3.10. The van der Waals surface area contributed by atoms with Crippen molar-refractivity contribution in [1.82, 2.24) is 39.5 Å². The molecule has 5 fully saturated rings. The van der Waals surface area contributed by atoms with Crippen LogP contribution in [0, 0.1) is 10.8 Å². The molecule has 3 aliphatic heterocycles. The summed E-state index contributed by atoms with van der Waals surface area (Å²) < 4.78 is 1.94. The zero-order valence-electron chi connectivity index (χ0n) is 19.4. The summed E-state index contributed by atoms with van der Waals surface area (Å²) in [5, 5.41) is 12.1. The number of pyridine rings is 1. The molecular formula is C25H30N8O. The fourth-order valence-corrected chi connectivity index (χ4v) is 7.00. The lowest BCUT2D eigenvalue weighted by molar-refractivity contribution is -0.116. The Bertz CT molecular complexity index is 1260.